The van der Waals surface area contributed by atoms with E-state index in [1.807, 2.05) is 11.6 Å². The number of hydrogen-bond donors (Lipinski definition) is 2. The average molecular weight is 484 g/mol. The van der Waals surface area contributed by atoms with Crippen LogP contribution in [0.25, 0.3) is 0 Å². The van der Waals surface area contributed by atoms with Gasteiger partial charge in [-0.3, -0.25) is 9.59 Å². The number of rotatable bonds is 7. The standard InChI is InChI=1S/C19H25N5O4S3/c1-24-14(8-11-6-7-31(27,28)10-11)22-23-19(24)29-9-15(25)21-18-16(17(20)26)12-4-2-3-5-13(12)30-18/h11H,2-10H2,1H3,(H2,20,26)(H,21,25)/t11-/m1/s1. The lowest BCUT2D eigenvalue weighted by Crippen LogP contribution is -2.19. The predicted molar refractivity (Wildman–Crippen MR) is 120 cm³/mol. The van der Waals surface area contributed by atoms with E-state index in [-0.39, 0.29) is 29.1 Å². The van der Waals surface area contributed by atoms with Crippen molar-refractivity contribution in [3.63, 3.8) is 0 Å². The quantitative estimate of drug-likeness (QED) is 0.570. The van der Waals surface area contributed by atoms with Gasteiger partial charge in [-0.1, -0.05) is 11.8 Å². The molecule has 1 aliphatic heterocycles. The molecular weight excluding hydrogens is 458 g/mol. The van der Waals surface area contributed by atoms with Crippen molar-refractivity contribution < 1.29 is 18.0 Å². The molecule has 0 aromatic carbocycles. The van der Waals surface area contributed by atoms with E-state index in [9.17, 15) is 18.0 Å². The molecule has 0 saturated carbocycles. The minimum Gasteiger partial charge on any atom is -0.365 e. The second-order valence-electron chi connectivity index (χ2n) is 8.05. The molecule has 0 spiro atoms. The van der Waals surface area contributed by atoms with E-state index < -0.39 is 15.7 Å². The van der Waals surface area contributed by atoms with Crippen molar-refractivity contribution in [3.8, 4) is 0 Å². The van der Waals surface area contributed by atoms with Gasteiger partial charge in [0.2, 0.25) is 5.91 Å². The highest BCUT2D eigenvalue weighted by molar-refractivity contribution is 7.99. The molecule has 2 amide bonds. The molecule has 0 unspecified atom stereocenters. The van der Waals surface area contributed by atoms with Crippen LogP contribution in [0, 0.1) is 5.92 Å². The van der Waals surface area contributed by atoms with Crippen molar-refractivity contribution >= 4 is 49.8 Å². The lowest BCUT2D eigenvalue weighted by atomic mass is 9.95. The van der Waals surface area contributed by atoms with Crippen LogP contribution in [0.15, 0.2) is 5.16 Å². The fourth-order valence-corrected chi connectivity index (χ4v) is 8.05. The smallest absolute Gasteiger partial charge is 0.251 e. The zero-order valence-corrected chi connectivity index (χ0v) is 19.7. The number of nitrogens with one attached hydrogen (secondary N) is 1. The normalized spacial score (nSPS) is 19.8. The third kappa shape index (κ3) is 4.96. The Hall–Kier alpha value is -1.92. The Bertz CT molecular complexity index is 1120. The van der Waals surface area contributed by atoms with Gasteiger partial charge < -0.3 is 15.6 Å². The van der Waals surface area contributed by atoms with Crippen molar-refractivity contribution in [2.75, 3.05) is 22.6 Å². The van der Waals surface area contributed by atoms with Crippen LogP contribution in [0.4, 0.5) is 5.00 Å². The summed E-state index contributed by atoms with van der Waals surface area (Å²) in [6.07, 6.45) is 5.03. The minimum absolute atomic E-state index is 0.0612. The van der Waals surface area contributed by atoms with Crippen LogP contribution in [-0.4, -0.2) is 52.3 Å². The summed E-state index contributed by atoms with van der Waals surface area (Å²) in [5, 5.41) is 12.3. The molecular formula is C19H25N5O4S3. The third-order valence-corrected chi connectivity index (χ3v) is 9.79. The first kappa shape index (κ1) is 22.3. The van der Waals surface area contributed by atoms with Crippen molar-refractivity contribution in [2.24, 2.45) is 18.7 Å². The van der Waals surface area contributed by atoms with Crippen molar-refractivity contribution in [1.82, 2.24) is 14.8 Å². The van der Waals surface area contributed by atoms with Gasteiger partial charge in [-0.15, -0.1) is 21.5 Å². The number of carbonyl (C=O) groups is 2. The highest BCUT2D eigenvalue weighted by Crippen LogP contribution is 2.38. The maximum Gasteiger partial charge on any atom is 0.251 e. The van der Waals surface area contributed by atoms with Crippen molar-refractivity contribution in [1.29, 1.82) is 0 Å². The fraction of sp³-hybridized carbons (Fsp3) is 0.579. The Balaban J connectivity index is 1.37. The number of nitrogens with two attached hydrogens (primary N) is 1. The number of thioether (sulfide) groups is 1. The average Bonchev–Trinajstić information content (AvgIpc) is 3.35. The Morgan fingerprint density at radius 1 is 1.29 bits per heavy atom. The minimum atomic E-state index is -2.93. The topological polar surface area (TPSA) is 137 Å². The largest absolute Gasteiger partial charge is 0.365 e. The Kier molecular flexibility index (Phi) is 6.40. The number of nitrogens with zero attached hydrogens (tertiary/aromatic N) is 3. The van der Waals surface area contributed by atoms with Crippen LogP contribution in [0.1, 0.15) is 45.9 Å². The monoisotopic (exact) mass is 483 g/mol. The molecule has 12 heteroatoms. The van der Waals surface area contributed by atoms with E-state index in [1.54, 1.807) is 0 Å². The van der Waals surface area contributed by atoms with E-state index in [4.69, 9.17) is 5.73 Å². The Morgan fingerprint density at radius 2 is 2.06 bits per heavy atom. The predicted octanol–water partition coefficient (Wildman–Crippen LogP) is 1.56. The third-order valence-electron chi connectivity index (χ3n) is 5.73. The van der Waals surface area contributed by atoms with E-state index >= 15 is 0 Å². The summed E-state index contributed by atoms with van der Waals surface area (Å²) in [5.41, 5.74) is 7.02. The first-order chi connectivity index (χ1) is 14.7. The second kappa shape index (κ2) is 8.91. The Labute approximate surface area is 189 Å². The molecule has 0 radical (unpaired) electrons. The number of amides is 2. The Morgan fingerprint density at radius 3 is 2.77 bits per heavy atom. The molecule has 9 nitrogen and oxygen atoms in total. The maximum atomic E-state index is 12.5. The zero-order chi connectivity index (χ0) is 22.2. The molecule has 3 heterocycles. The van der Waals surface area contributed by atoms with E-state index in [1.165, 1.54) is 23.1 Å². The number of primary amides is 1. The molecule has 0 bridgehead atoms. The van der Waals surface area contributed by atoms with Crippen LogP contribution in [0.5, 0.6) is 0 Å². The number of thiophene rings is 1. The van der Waals surface area contributed by atoms with E-state index in [0.29, 0.717) is 34.4 Å². The summed E-state index contributed by atoms with van der Waals surface area (Å²) in [6, 6.07) is 0. The lowest BCUT2D eigenvalue weighted by Gasteiger charge is -2.11. The molecule has 4 rings (SSSR count). The van der Waals surface area contributed by atoms with Gasteiger partial charge in [0.25, 0.3) is 5.91 Å². The van der Waals surface area contributed by atoms with Gasteiger partial charge >= 0.3 is 0 Å². The fourth-order valence-electron chi connectivity index (χ4n) is 4.15. The van der Waals surface area contributed by atoms with Crippen LogP contribution < -0.4 is 11.1 Å². The van der Waals surface area contributed by atoms with Gasteiger partial charge in [-0.25, -0.2) is 8.42 Å². The molecule has 1 atom stereocenters. The van der Waals surface area contributed by atoms with Gasteiger partial charge in [-0.05, 0) is 43.6 Å². The first-order valence-electron chi connectivity index (χ1n) is 10.2. The summed E-state index contributed by atoms with van der Waals surface area (Å²) in [4.78, 5) is 25.6. The number of sulfone groups is 1. The molecule has 31 heavy (non-hydrogen) atoms. The highest BCUT2D eigenvalue weighted by Gasteiger charge is 2.29. The molecule has 2 aromatic heterocycles. The van der Waals surface area contributed by atoms with Gasteiger partial charge in [0.05, 0.1) is 22.8 Å². The van der Waals surface area contributed by atoms with Crippen molar-refractivity contribution in [3.05, 3.63) is 21.8 Å². The summed E-state index contributed by atoms with van der Waals surface area (Å²) >= 11 is 2.69. The lowest BCUT2D eigenvalue weighted by molar-refractivity contribution is -0.113. The summed E-state index contributed by atoms with van der Waals surface area (Å²) in [7, 11) is -1.11. The molecule has 1 aliphatic carbocycles. The van der Waals surface area contributed by atoms with Gasteiger partial charge in [-0.2, -0.15) is 0 Å². The number of carbonyl (C=O) groups excluding carboxylic acids is 2. The van der Waals surface area contributed by atoms with Gasteiger partial charge in [0, 0.05) is 18.3 Å². The van der Waals surface area contributed by atoms with E-state index in [0.717, 1.165) is 36.1 Å². The van der Waals surface area contributed by atoms with Crippen LogP contribution in [-0.2, 0) is 40.9 Å². The van der Waals surface area contributed by atoms with Crippen LogP contribution in [0.3, 0.4) is 0 Å². The zero-order valence-electron chi connectivity index (χ0n) is 17.2. The molecule has 1 saturated heterocycles. The molecule has 2 aliphatic rings. The number of aryl methyl sites for hydroxylation is 1. The maximum absolute atomic E-state index is 12.5. The van der Waals surface area contributed by atoms with Gasteiger partial charge in [0.1, 0.15) is 10.8 Å². The van der Waals surface area contributed by atoms with Crippen LogP contribution in [0.2, 0.25) is 0 Å². The van der Waals surface area contributed by atoms with Gasteiger partial charge in [0.15, 0.2) is 15.0 Å². The number of anilines is 1. The molecule has 2 aromatic rings. The second-order valence-corrected chi connectivity index (χ2v) is 12.3. The molecule has 1 fully saturated rings. The number of aromatic nitrogens is 3. The van der Waals surface area contributed by atoms with Crippen LogP contribution >= 0.6 is 23.1 Å². The summed E-state index contributed by atoms with van der Waals surface area (Å²) < 4.78 is 25.1. The van der Waals surface area contributed by atoms with Crippen molar-refractivity contribution in [2.45, 2.75) is 43.7 Å². The highest BCUT2D eigenvalue weighted by atomic mass is 32.2. The molecule has 168 valence electrons. The number of hydrogen-bond acceptors (Lipinski definition) is 8. The summed E-state index contributed by atoms with van der Waals surface area (Å²) in [6.45, 7) is 0. The number of fused-ring (bicyclic) bond motifs is 1. The SMILES string of the molecule is Cn1c(C[C@H]2CCS(=O)(=O)C2)nnc1SCC(=O)Nc1sc2c(c1C(N)=O)CCCC2. The summed E-state index contributed by atoms with van der Waals surface area (Å²) in [5.74, 6) is 0.573. The molecule has 3 N–H and O–H groups in total. The van der Waals surface area contributed by atoms with E-state index in [2.05, 4.69) is 15.5 Å². The first-order valence-corrected chi connectivity index (χ1v) is 13.8.